The van der Waals surface area contributed by atoms with Crippen LogP contribution in [0.1, 0.15) is 51.0 Å². The molecule has 1 saturated carbocycles. The van der Waals surface area contributed by atoms with E-state index in [4.69, 9.17) is 0 Å². The third-order valence-corrected chi connectivity index (χ3v) is 5.85. The van der Waals surface area contributed by atoms with E-state index >= 15 is 0 Å². The van der Waals surface area contributed by atoms with Crippen molar-refractivity contribution in [3.63, 3.8) is 0 Å². The number of likely N-dealkylation sites (tertiary alicyclic amines) is 1. The van der Waals surface area contributed by atoms with Crippen LogP contribution in [0, 0.1) is 11.7 Å². The Kier molecular flexibility index (Phi) is 7.43. The molecule has 2 amide bonds. The zero-order valence-electron chi connectivity index (χ0n) is 16.8. The Morgan fingerprint density at radius 3 is 2.57 bits per heavy atom. The summed E-state index contributed by atoms with van der Waals surface area (Å²) in [5.41, 5.74) is 0.698. The van der Waals surface area contributed by atoms with Gasteiger partial charge in [0.25, 0.3) is 0 Å². The summed E-state index contributed by atoms with van der Waals surface area (Å²) in [5.74, 6) is 0.645. The van der Waals surface area contributed by atoms with Crippen LogP contribution in [0.3, 0.4) is 0 Å². The fourth-order valence-corrected chi connectivity index (χ4v) is 4.11. The Hall–Kier alpha value is -1.95. The predicted molar refractivity (Wildman–Crippen MR) is 107 cm³/mol. The fraction of sp³-hybridized carbons (Fsp3) is 0.636. The van der Waals surface area contributed by atoms with Crippen LogP contribution in [0.4, 0.5) is 4.39 Å². The number of hydrogen-bond acceptors (Lipinski definition) is 3. The summed E-state index contributed by atoms with van der Waals surface area (Å²) in [5, 5.41) is 5.93. The summed E-state index contributed by atoms with van der Waals surface area (Å²) in [7, 11) is 0. The van der Waals surface area contributed by atoms with Gasteiger partial charge in [-0.05, 0) is 56.1 Å². The number of hydrogen-bond donors (Lipinski definition) is 2. The van der Waals surface area contributed by atoms with Gasteiger partial charge in [-0.3, -0.25) is 14.5 Å². The minimum absolute atomic E-state index is 0.00224. The number of nitrogens with one attached hydrogen (secondary N) is 2. The predicted octanol–water partition coefficient (Wildman–Crippen LogP) is 2.64. The van der Waals surface area contributed by atoms with Crippen molar-refractivity contribution < 1.29 is 14.0 Å². The highest BCUT2D eigenvalue weighted by atomic mass is 19.1. The molecule has 1 aromatic carbocycles. The van der Waals surface area contributed by atoms with E-state index in [1.54, 1.807) is 19.1 Å². The molecule has 2 fully saturated rings. The number of halogens is 1. The minimum Gasteiger partial charge on any atom is -0.356 e. The quantitative estimate of drug-likeness (QED) is 0.605. The lowest BCUT2D eigenvalue weighted by molar-refractivity contribution is -0.122. The Balaban J connectivity index is 1.41. The van der Waals surface area contributed by atoms with Crippen LogP contribution in [0.5, 0.6) is 0 Å². The molecule has 0 unspecified atom stereocenters. The van der Waals surface area contributed by atoms with E-state index in [0.717, 1.165) is 31.7 Å². The Bertz CT molecular complexity index is 678. The van der Waals surface area contributed by atoms with Gasteiger partial charge in [0.05, 0.1) is 0 Å². The van der Waals surface area contributed by atoms with Gasteiger partial charge in [-0.2, -0.15) is 0 Å². The first kappa shape index (κ1) is 20.8. The van der Waals surface area contributed by atoms with Gasteiger partial charge < -0.3 is 10.6 Å². The number of rotatable bonds is 10. The molecule has 3 rings (SSSR count). The second kappa shape index (κ2) is 10.0. The molecule has 0 aromatic heterocycles. The van der Waals surface area contributed by atoms with Gasteiger partial charge in [-0.15, -0.1) is 0 Å². The lowest BCUT2D eigenvalue weighted by atomic mass is 10.1. The first-order chi connectivity index (χ1) is 13.5. The van der Waals surface area contributed by atoms with Crippen LogP contribution >= 0.6 is 0 Å². The summed E-state index contributed by atoms with van der Waals surface area (Å²) in [6, 6.07) is 7.38. The lowest BCUT2D eigenvalue weighted by Gasteiger charge is -2.30. The highest BCUT2D eigenvalue weighted by molar-refractivity contribution is 5.76. The average molecular weight is 390 g/mol. The molecule has 2 aliphatic rings. The molecule has 2 atom stereocenters. The molecule has 154 valence electrons. The van der Waals surface area contributed by atoms with Gasteiger partial charge in [0.1, 0.15) is 5.82 Å². The van der Waals surface area contributed by atoms with Gasteiger partial charge in [-0.1, -0.05) is 18.2 Å². The van der Waals surface area contributed by atoms with Crippen molar-refractivity contribution in [3.05, 3.63) is 35.6 Å². The number of carbonyl (C=O) groups is 2. The van der Waals surface area contributed by atoms with Gasteiger partial charge in [0, 0.05) is 45.1 Å². The first-order valence-electron chi connectivity index (χ1n) is 10.5. The smallest absolute Gasteiger partial charge is 0.221 e. The summed E-state index contributed by atoms with van der Waals surface area (Å²) < 4.78 is 13.6. The molecule has 2 N–H and O–H groups in total. The maximum absolute atomic E-state index is 13.6. The maximum Gasteiger partial charge on any atom is 0.221 e. The van der Waals surface area contributed by atoms with Crippen molar-refractivity contribution in [1.82, 2.24) is 15.5 Å². The molecule has 1 saturated heterocycles. The Labute approximate surface area is 167 Å². The van der Waals surface area contributed by atoms with Gasteiger partial charge in [-0.25, -0.2) is 4.39 Å². The van der Waals surface area contributed by atoms with Crippen LogP contribution < -0.4 is 10.6 Å². The van der Waals surface area contributed by atoms with Gasteiger partial charge in [0.2, 0.25) is 11.8 Å². The van der Waals surface area contributed by atoms with Crippen molar-refractivity contribution in [3.8, 4) is 0 Å². The minimum atomic E-state index is -0.180. The standard InChI is InChI=1S/C22H32FN3O2/c1-16(27)25-14-20-11-10-19(26(20)15-17-8-9-17)13-22(28)24-12-4-6-18-5-2-3-7-21(18)23/h2-3,5,7,17,19-20H,4,6,8-15H2,1H3,(H,24,28)(H,25,27)/t19-,20+/m0/s1. The number of amides is 2. The van der Waals surface area contributed by atoms with E-state index in [2.05, 4.69) is 15.5 Å². The van der Waals surface area contributed by atoms with Crippen molar-refractivity contribution in [2.24, 2.45) is 5.92 Å². The summed E-state index contributed by atoms with van der Waals surface area (Å²) in [4.78, 5) is 26.1. The molecule has 0 spiro atoms. The monoisotopic (exact) mass is 389 g/mol. The molecule has 1 heterocycles. The molecule has 6 heteroatoms. The van der Waals surface area contributed by atoms with E-state index in [1.165, 1.54) is 18.9 Å². The average Bonchev–Trinajstić information content (AvgIpc) is 3.41. The van der Waals surface area contributed by atoms with Crippen molar-refractivity contribution >= 4 is 11.8 Å². The maximum atomic E-state index is 13.6. The van der Waals surface area contributed by atoms with Gasteiger partial charge >= 0.3 is 0 Å². The van der Waals surface area contributed by atoms with Crippen LogP contribution in [0.25, 0.3) is 0 Å². The Morgan fingerprint density at radius 1 is 1.11 bits per heavy atom. The van der Waals surface area contributed by atoms with E-state index in [9.17, 15) is 14.0 Å². The summed E-state index contributed by atoms with van der Waals surface area (Å²) in [6.45, 7) is 3.82. The van der Waals surface area contributed by atoms with E-state index in [-0.39, 0.29) is 23.7 Å². The number of carbonyl (C=O) groups excluding carboxylic acids is 2. The largest absolute Gasteiger partial charge is 0.356 e. The van der Waals surface area contributed by atoms with Crippen LogP contribution in [-0.4, -0.2) is 48.4 Å². The normalized spacial score (nSPS) is 22.2. The summed E-state index contributed by atoms with van der Waals surface area (Å²) in [6.07, 6.45) is 6.44. The van der Waals surface area contributed by atoms with Crippen molar-refractivity contribution in [1.29, 1.82) is 0 Å². The number of nitrogens with zero attached hydrogens (tertiary/aromatic N) is 1. The topological polar surface area (TPSA) is 61.4 Å². The lowest BCUT2D eigenvalue weighted by Crippen LogP contribution is -2.45. The molecule has 28 heavy (non-hydrogen) atoms. The molecular formula is C22H32FN3O2. The highest BCUT2D eigenvalue weighted by Gasteiger charge is 2.37. The third-order valence-electron chi connectivity index (χ3n) is 5.85. The highest BCUT2D eigenvalue weighted by Crippen LogP contribution is 2.35. The van der Waals surface area contributed by atoms with E-state index in [0.29, 0.717) is 37.5 Å². The molecule has 1 aromatic rings. The third kappa shape index (κ3) is 6.30. The second-order valence-electron chi connectivity index (χ2n) is 8.21. The van der Waals surface area contributed by atoms with E-state index in [1.807, 2.05) is 6.07 Å². The zero-order chi connectivity index (χ0) is 19.9. The molecule has 0 radical (unpaired) electrons. The molecular weight excluding hydrogens is 357 g/mol. The molecule has 1 aliphatic heterocycles. The molecule has 0 bridgehead atoms. The second-order valence-corrected chi connectivity index (χ2v) is 8.21. The first-order valence-corrected chi connectivity index (χ1v) is 10.5. The Morgan fingerprint density at radius 2 is 1.86 bits per heavy atom. The zero-order valence-corrected chi connectivity index (χ0v) is 16.8. The SMILES string of the molecule is CC(=O)NC[C@H]1CC[C@@H](CC(=O)NCCCc2ccccc2F)N1CC1CC1. The molecule has 5 nitrogen and oxygen atoms in total. The van der Waals surface area contributed by atoms with Crippen molar-refractivity contribution in [2.45, 2.75) is 64.0 Å². The van der Waals surface area contributed by atoms with Crippen LogP contribution in [-0.2, 0) is 16.0 Å². The molecule has 1 aliphatic carbocycles. The van der Waals surface area contributed by atoms with Crippen molar-refractivity contribution in [2.75, 3.05) is 19.6 Å². The van der Waals surface area contributed by atoms with Gasteiger partial charge in [0.15, 0.2) is 0 Å². The number of aryl methyl sites for hydroxylation is 1. The van der Waals surface area contributed by atoms with Crippen LogP contribution in [0.15, 0.2) is 24.3 Å². The van der Waals surface area contributed by atoms with E-state index < -0.39 is 0 Å². The van der Waals surface area contributed by atoms with Crippen LogP contribution in [0.2, 0.25) is 0 Å². The number of benzene rings is 1. The summed E-state index contributed by atoms with van der Waals surface area (Å²) >= 11 is 0. The fourth-order valence-electron chi connectivity index (χ4n) is 4.11.